The Labute approximate surface area is 579 Å². The lowest BCUT2D eigenvalue weighted by Crippen LogP contribution is -2.61. The number of carbonyl (C=O) groups excluding carboxylic acids is 9. The van der Waals surface area contributed by atoms with Crippen molar-refractivity contribution in [3.05, 3.63) is 77.4 Å². The van der Waals surface area contributed by atoms with Crippen LogP contribution in [-0.2, 0) is 73.3 Å². The lowest BCUT2D eigenvalue weighted by Gasteiger charge is -2.42. The van der Waals surface area contributed by atoms with E-state index in [9.17, 15) is 53.4 Å². The van der Waals surface area contributed by atoms with E-state index in [0.29, 0.717) is 87.5 Å². The van der Waals surface area contributed by atoms with E-state index in [4.69, 9.17) is 44.6 Å². The first-order chi connectivity index (χ1) is 46.5. The highest BCUT2D eigenvalue weighted by molar-refractivity contribution is 6.39. The van der Waals surface area contributed by atoms with Crippen LogP contribution in [-0.4, -0.2) is 176 Å². The Kier molecular flexibility index (Phi) is 33.9. The molecule has 3 fully saturated rings. The number of aliphatic hydroxyl groups excluding tert-OH is 1. The number of hydrogen-bond acceptors (Lipinski definition) is 19. The topological polar surface area (TPSA) is 362 Å². The van der Waals surface area contributed by atoms with Gasteiger partial charge in [0.2, 0.25) is 17.6 Å². The highest BCUT2D eigenvalue weighted by Gasteiger charge is 2.53. The van der Waals surface area contributed by atoms with E-state index in [-0.39, 0.29) is 106 Å². The SMILES string of the molecule is CO[C@H]1C[C@@H]2CC[C@@H](C)[C@@](O)(O2)C(=O)C(=O)N2CCCC[C@H]2C(=O)O[C@H]([C@@H](C)C[C@H]2CC[C@@H](OCCOCNC(=O)OCc3ccc(NC(=O)[C@H](CCCNC(N)=O)NC(=O)[C@@H](N)C(C)C)cc3)[C@H](OC)C2)CC(=O)[C@H](C)/C=C(\C)[C@@H](O)[C@@H](C)C(=O)[C@H](C)C[C@H](C)/C=C/C=CC=C1C. The minimum Gasteiger partial charge on any atom is -0.460 e. The third kappa shape index (κ3) is 25.2. The molecule has 1 aromatic carbocycles. The summed E-state index contributed by atoms with van der Waals surface area (Å²) in [5, 5.41) is 34.1. The number of aliphatic hydroxyl groups is 2. The number of fused-ring (bicyclic) bond motifs is 3. The molecule has 1 saturated carbocycles. The monoisotopic (exact) mass is 1380 g/mol. The molecule has 10 N–H and O–H groups in total. The zero-order valence-corrected chi connectivity index (χ0v) is 59.8. The van der Waals surface area contributed by atoms with Crippen LogP contribution in [0.3, 0.4) is 0 Å². The molecule has 98 heavy (non-hydrogen) atoms. The molecule has 1 aromatic rings. The molecule has 548 valence electrons. The Morgan fingerprint density at radius 2 is 1.55 bits per heavy atom. The van der Waals surface area contributed by atoms with E-state index in [0.717, 1.165) is 5.57 Å². The zero-order chi connectivity index (χ0) is 72.4. The molecule has 2 bridgehead atoms. The molecule has 2 saturated heterocycles. The number of esters is 1. The number of Topliss-reactive ketones (excluding diaryl/α,β-unsaturated/α-hetero) is 3. The maximum Gasteiger partial charge on any atom is 0.409 e. The molecule has 17 atom stereocenters. The van der Waals surface area contributed by atoms with Gasteiger partial charge in [0.05, 0.1) is 49.8 Å². The van der Waals surface area contributed by atoms with Crippen LogP contribution in [0, 0.1) is 47.3 Å². The summed E-state index contributed by atoms with van der Waals surface area (Å²) >= 11 is 0. The number of hydrogen-bond donors (Lipinski definition) is 8. The Hall–Kier alpha value is -6.71. The summed E-state index contributed by atoms with van der Waals surface area (Å²) in [6, 6.07) is 2.92. The largest absolute Gasteiger partial charge is 0.460 e. The highest BCUT2D eigenvalue weighted by atomic mass is 16.6. The van der Waals surface area contributed by atoms with Gasteiger partial charge in [-0.05, 0) is 143 Å². The third-order valence-corrected chi connectivity index (χ3v) is 19.6. The van der Waals surface area contributed by atoms with Crippen molar-refractivity contribution in [2.24, 2.45) is 58.8 Å². The first-order valence-corrected chi connectivity index (χ1v) is 35.0. The van der Waals surface area contributed by atoms with E-state index in [1.165, 1.54) is 4.90 Å². The van der Waals surface area contributed by atoms with Gasteiger partial charge in [-0.3, -0.25) is 34.1 Å². The van der Waals surface area contributed by atoms with E-state index in [1.807, 2.05) is 58.1 Å². The van der Waals surface area contributed by atoms with Gasteiger partial charge in [0, 0.05) is 69.5 Å². The number of primary amides is 1. The molecule has 0 spiro atoms. The standard InChI is InChI=1S/C73H113N7O18/c1-43(2)63(74)68(86)79-56(21-18-31-76-71(75)89)67(85)78-54-27-24-52(25-28-54)41-96-72(90)77-42-94-33-34-95-59-30-26-53(38-62(59)93-12)37-47(6)61-40-58(81)46(5)36-49(8)65(83)51(10)64(82)48(7)35-44(3)19-14-13-15-20-45(4)60(92-11)39-55-29-23-50(9)73(91,98-55)66(84)69(87)80-32-17-16-22-57(80)70(88)97-61/h13-15,19-20,24-25,27-28,36,43-44,46-48,50-51,53,55-57,59-63,65,83,91H,16-18,21-23,26,29-35,37-42,74H2,1-12H3,(H,77,90)(H,78,85)(H,79,86)(H3,75,76,89)/b15-13?,19-14+,45-20?,49-36+/t44-,46-,47+,48-,50-,51+,53-,55+,56+,57+,59-,60+,61+,62-,63+,65-,73-/m1/s1. The second kappa shape index (κ2) is 40.5. The fourth-order valence-corrected chi connectivity index (χ4v) is 13.3. The Morgan fingerprint density at radius 1 is 0.827 bits per heavy atom. The Morgan fingerprint density at radius 3 is 2.23 bits per heavy atom. The summed E-state index contributed by atoms with van der Waals surface area (Å²) in [7, 11) is 3.18. The number of cyclic esters (lactones) is 1. The number of nitrogens with zero attached hydrogens (tertiary/aromatic N) is 1. The smallest absolute Gasteiger partial charge is 0.409 e. The number of ketones is 3. The molecule has 3 heterocycles. The third-order valence-electron chi connectivity index (χ3n) is 19.6. The van der Waals surface area contributed by atoms with Crippen molar-refractivity contribution in [3.63, 3.8) is 0 Å². The number of carbonyl (C=O) groups is 9. The molecule has 25 nitrogen and oxygen atoms in total. The summed E-state index contributed by atoms with van der Waals surface area (Å²) in [5.41, 5.74) is 13.5. The quantitative estimate of drug-likeness (QED) is 0.0182. The van der Waals surface area contributed by atoms with Gasteiger partial charge in [0.15, 0.2) is 0 Å². The molecule has 0 unspecified atom stereocenters. The van der Waals surface area contributed by atoms with Crippen molar-refractivity contribution in [2.75, 3.05) is 52.6 Å². The number of benzene rings is 1. The van der Waals surface area contributed by atoms with Gasteiger partial charge < -0.3 is 75.7 Å². The molecule has 5 rings (SSSR count). The van der Waals surface area contributed by atoms with Gasteiger partial charge >= 0.3 is 18.1 Å². The molecular weight excluding hydrogens is 1260 g/mol. The van der Waals surface area contributed by atoms with Gasteiger partial charge in [-0.1, -0.05) is 104 Å². The summed E-state index contributed by atoms with van der Waals surface area (Å²) < 4.78 is 41.7. The fraction of sp³-hybridized carbons (Fsp3) is 0.685. The van der Waals surface area contributed by atoms with Crippen molar-refractivity contribution in [3.8, 4) is 0 Å². The fourth-order valence-electron chi connectivity index (χ4n) is 13.3. The van der Waals surface area contributed by atoms with Gasteiger partial charge in [-0.15, -0.1) is 0 Å². The predicted octanol–water partition coefficient (Wildman–Crippen LogP) is 7.58. The van der Waals surface area contributed by atoms with Crippen LogP contribution < -0.4 is 32.7 Å². The molecule has 3 aliphatic heterocycles. The number of nitrogens with two attached hydrogens (primary N) is 2. The summed E-state index contributed by atoms with van der Waals surface area (Å²) in [6.07, 6.45) is 12.4. The summed E-state index contributed by atoms with van der Waals surface area (Å²) in [4.78, 5) is 123. The average molecular weight is 1380 g/mol. The Balaban J connectivity index is 1.20. The number of ether oxygens (including phenoxy) is 7. The number of rotatable bonds is 22. The number of alkyl carbamates (subject to hydrolysis) is 1. The van der Waals surface area contributed by atoms with E-state index in [1.54, 1.807) is 86.1 Å². The number of anilines is 1. The minimum absolute atomic E-state index is 0.0367. The van der Waals surface area contributed by atoms with Crippen molar-refractivity contribution < 1.29 is 86.5 Å². The first-order valence-electron chi connectivity index (χ1n) is 35.0. The van der Waals surface area contributed by atoms with Crippen molar-refractivity contribution >= 4 is 58.9 Å². The molecular formula is C73H113N7O18. The number of nitrogens with one attached hydrogen (secondary N) is 4. The van der Waals surface area contributed by atoms with Crippen LogP contribution in [0.15, 0.2) is 71.9 Å². The normalized spacial score (nSPS) is 30.3. The van der Waals surface area contributed by atoms with Crippen molar-refractivity contribution in [1.29, 1.82) is 0 Å². The zero-order valence-electron chi connectivity index (χ0n) is 59.8. The van der Waals surface area contributed by atoms with Gasteiger partial charge in [-0.25, -0.2) is 14.4 Å². The number of piperidine rings is 1. The molecule has 1 aliphatic carbocycles. The number of urea groups is 1. The van der Waals surface area contributed by atoms with Gasteiger partial charge in [0.1, 0.15) is 43.1 Å². The van der Waals surface area contributed by atoms with E-state index in [2.05, 4.69) is 21.3 Å². The van der Waals surface area contributed by atoms with Crippen LogP contribution in [0.5, 0.6) is 0 Å². The van der Waals surface area contributed by atoms with E-state index >= 15 is 0 Å². The van der Waals surface area contributed by atoms with Crippen LogP contribution in [0.4, 0.5) is 15.3 Å². The lowest BCUT2D eigenvalue weighted by molar-refractivity contribution is -0.265. The predicted molar refractivity (Wildman–Crippen MR) is 368 cm³/mol. The van der Waals surface area contributed by atoms with Crippen LogP contribution in [0.1, 0.15) is 165 Å². The number of methoxy groups -OCH3 is 2. The van der Waals surface area contributed by atoms with Gasteiger partial charge in [0.25, 0.3) is 11.7 Å². The minimum atomic E-state index is -2.47. The van der Waals surface area contributed by atoms with Gasteiger partial charge in [-0.2, -0.15) is 0 Å². The summed E-state index contributed by atoms with van der Waals surface area (Å²) in [6.45, 7) is 18.4. The second-order valence-electron chi connectivity index (χ2n) is 27.8. The average Bonchev–Trinajstić information content (AvgIpc) is 0.774. The van der Waals surface area contributed by atoms with Crippen LogP contribution in [0.25, 0.3) is 0 Å². The van der Waals surface area contributed by atoms with E-state index < -0.39 is 114 Å². The first kappa shape index (κ1) is 82.0. The second-order valence-corrected chi connectivity index (χ2v) is 27.8. The van der Waals surface area contributed by atoms with Crippen LogP contribution >= 0.6 is 0 Å². The van der Waals surface area contributed by atoms with Crippen molar-refractivity contribution in [2.45, 2.75) is 226 Å². The van der Waals surface area contributed by atoms with Crippen molar-refractivity contribution in [1.82, 2.24) is 20.9 Å². The number of allylic oxidation sites excluding steroid dienone is 6. The summed E-state index contributed by atoms with van der Waals surface area (Å²) in [5.74, 6) is -9.91. The molecule has 0 radical (unpaired) electrons. The molecule has 6 amide bonds. The maximum absolute atomic E-state index is 14.7. The Bertz CT molecular complexity index is 2940. The maximum atomic E-state index is 14.7. The van der Waals surface area contributed by atoms with Crippen LogP contribution in [0.2, 0.25) is 0 Å². The number of amides is 6. The molecule has 0 aromatic heterocycles. The molecule has 4 aliphatic rings. The molecule has 25 heteroatoms. The highest BCUT2D eigenvalue weighted by Crippen LogP contribution is 2.38. The lowest BCUT2D eigenvalue weighted by atomic mass is 9.78.